The second-order valence-corrected chi connectivity index (χ2v) is 3.93. The van der Waals surface area contributed by atoms with E-state index in [2.05, 4.69) is 0 Å². The number of anilines is 1. The van der Waals surface area contributed by atoms with Crippen LogP contribution in [0.15, 0.2) is 24.3 Å². The van der Waals surface area contributed by atoms with Crippen molar-refractivity contribution in [3.05, 3.63) is 24.3 Å². The van der Waals surface area contributed by atoms with Crippen LogP contribution in [0.2, 0.25) is 0 Å². The highest BCUT2D eigenvalue weighted by molar-refractivity contribution is 5.99. The Bertz CT molecular complexity index is 388. The van der Waals surface area contributed by atoms with Gasteiger partial charge in [-0.2, -0.15) is 0 Å². The molecule has 2 rings (SSSR count). The molecule has 92 valence electrons. The highest BCUT2D eigenvalue weighted by Gasteiger charge is 2.24. The van der Waals surface area contributed by atoms with Gasteiger partial charge >= 0.3 is 0 Å². The molecule has 0 spiro atoms. The van der Waals surface area contributed by atoms with Crippen molar-refractivity contribution in [3.8, 4) is 5.75 Å². The van der Waals surface area contributed by atoms with Gasteiger partial charge < -0.3 is 14.4 Å². The van der Waals surface area contributed by atoms with Gasteiger partial charge in [-0.05, 0) is 38.1 Å². The van der Waals surface area contributed by atoms with Crippen LogP contribution in [0.3, 0.4) is 0 Å². The lowest BCUT2D eigenvalue weighted by atomic mass is 10.1. The molecule has 1 heterocycles. The average Bonchev–Trinajstić information content (AvgIpc) is 2.30. The van der Waals surface area contributed by atoms with E-state index >= 15 is 0 Å². The molecule has 1 amide bonds. The first-order valence-corrected chi connectivity index (χ1v) is 5.89. The minimum Gasteiger partial charge on any atom is -0.465 e. The van der Waals surface area contributed by atoms with Crippen molar-refractivity contribution in [3.63, 3.8) is 0 Å². The number of amides is 1. The number of rotatable bonds is 5. The molecule has 0 aromatic heterocycles. The fraction of sp³-hybridized carbons (Fsp3) is 0.462. The minimum atomic E-state index is -0.253. The number of nitrogens with zero attached hydrogens (tertiary/aromatic N) is 1. The summed E-state index contributed by atoms with van der Waals surface area (Å²) in [7, 11) is 0. The van der Waals surface area contributed by atoms with Gasteiger partial charge in [0.05, 0.1) is 0 Å². The predicted molar refractivity (Wildman–Crippen MR) is 65.1 cm³/mol. The van der Waals surface area contributed by atoms with Crippen LogP contribution in [-0.2, 0) is 9.53 Å². The molecule has 1 atom stereocenters. The molecule has 4 heteroatoms. The van der Waals surface area contributed by atoms with Crippen LogP contribution in [0, 0.1) is 0 Å². The molecular formula is C13H17NO3. The molecule has 1 aromatic rings. The standard InChI is InChI=1S/C13H17NO3/c1-3-16-10(2)17-12-6-4-11(5-7-12)14-9-8-13(14)15/h4-7,10H,3,8-9H2,1-2H3. The van der Waals surface area contributed by atoms with Gasteiger partial charge in [-0.3, -0.25) is 4.79 Å². The average molecular weight is 235 g/mol. The molecule has 1 unspecified atom stereocenters. The zero-order chi connectivity index (χ0) is 12.3. The van der Waals surface area contributed by atoms with Crippen LogP contribution in [0.4, 0.5) is 5.69 Å². The molecule has 1 aliphatic rings. The third-order valence-corrected chi connectivity index (χ3v) is 2.70. The number of hydrogen-bond acceptors (Lipinski definition) is 3. The highest BCUT2D eigenvalue weighted by Crippen LogP contribution is 2.24. The maximum Gasteiger partial charge on any atom is 0.228 e. The fourth-order valence-corrected chi connectivity index (χ4v) is 1.75. The summed E-state index contributed by atoms with van der Waals surface area (Å²) >= 11 is 0. The number of carbonyl (C=O) groups is 1. The van der Waals surface area contributed by atoms with Crippen molar-refractivity contribution >= 4 is 11.6 Å². The molecule has 0 bridgehead atoms. The molecule has 17 heavy (non-hydrogen) atoms. The van der Waals surface area contributed by atoms with E-state index in [-0.39, 0.29) is 12.2 Å². The van der Waals surface area contributed by atoms with Crippen molar-refractivity contribution in [1.29, 1.82) is 0 Å². The SMILES string of the molecule is CCOC(C)Oc1ccc(N2CCC2=O)cc1. The zero-order valence-electron chi connectivity index (χ0n) is 10.2. The fourth-order valence-electron chi connectivity index (χ4n) is 1.75. The molecule has 0 radical (unpaired) electrons. The summed E-state index contributed by atoms with van der Waals surface area (Å²) in [5, 5.41) is 0. The van der Waals surface area contributed by atoms with E-state index in [1.807, 2.05) is 38.1 Å². The quantitative estimate of drug-likeness (QED) is 0.580. The van der Waals surface area contributed by atoms with Gasteiger partial charge in [0.2, 0.25) is 5.91 Å². The Labute approximate surface area is 101 Å². The van der Waals surface area contributed by atoms with Crippen molar-refractivity contribution in [2.45, 2.75) is 26.6 Å². The maximum atomic E-state index is 11.3. The Morgan fingerprint density at radius 3 is 2.53 bits per heavy atom. The van der Waals surface area contributed by atoms with Crippen molar-refractivity contribution in [1.82, 2.24) is 0 Å². The third-order valence-electron chi connectivity index (χ3n) is 2.70. The summed E-state index contributed by atoms with van der Waals surface area (Å²) in [6.45, 7) is 5.23. The molecule has 0 aliphatic carbocycles. The lowest BCUT2D eigenvalue weighted by Crippen LogP contribution is -2.43. The number of β-lactam (4-membered cyclic amide) rings is 1. The first kappa shape index (κ1) is 11.9. The highest BCUT2D eigenvalue weighted by atomic mass is 16.7. The summed E-state index contributed by atoms with van der Waals surface area (Å²) in [5.74, 6) is 0.934. The van der Waals surface area contributed by atoms with Gasteiger partial charge in [-0.25, -0.2) is 0 Å². The Hall–Kier alpha value is -1.55. The summed E-state index contributed by atoms with van der Waals surface area (Å²) in [6, 6.07) is 7.50. The first-order valence-electron chi connectivity index (χ1n) is 5.89. The number of benzene rings is 1. The van der Waals surface area contributed by atoms with Gasteiger partial charge in [0, 0.05) is 25.3 Å². The molecule has 1 fully saturated rings. The van der Waals surface area contributed by atoms with E-state index in [9.17, 15) is 4.79 Å². The van der Waals surface area contributed by atoms with E-state index < -0.39 is 0 Å². The van der Waals surface area contributed by atoms with Crippen LogP contribution in [-0.4, -0.2) is 25.3 Å². The third kappa shape index (κ3) is 2.77. The molecular weight excluding hydrogens is 218 g/mol. The van der Waals surface area contributed by atoms with Crippen molar-refractivity contribution in [2.24, 2.45) is 0 Å². The van der Waals surface area contributed by atoms with E-state index in [0.717, 1.165) is 18.0 Å². The first-order chi connectivity index (χ1) is 8.20. The van der Waals surface area contributed by atoms with Gasteiger partial charge in [0.1, 0.15) is 5.75 Å². The largest absolute Gasteiger partial charge is 0.465 e. The van der Waals surface area contributed by atoms with Crippen LogP contribution >= 0.6 is 0 Å². The van der Waals surface area contributed by atoms with Crippen LogP contribution in [0.5, 0.6) is 5.75 Å². The maximum absolute atomic E-state index is 11.3. The van der Waals surface area contributed by atoms with Gasteiger partial charge in [-0.15, -0.1) is 0 Å². The molecule has 4 nitrogen and oxygen atoms in total. The Kier molecular flexibility index (Phi) is 3.64. The predicted octanol–water partition coefficient (Wildman–Crippen LogP) is 2.18. The van der Waals surface area contributed by atoms with Gasteiger partial charge in [0.25, 0.3) is 0 Å². The van der Waals surface area contributed by atoms with Crippen LogP contribution in [0.1, 0.15) is 20.3 Å². The van der Waals surface area contributed by atoms with Crippen LogP contribution < -0.4 is 9.64 Å². The molecule has 0 saturated carbocycles. The zero-order valence-corrected chi connectivity index (χ0v) is 10.2. The topological polar surface area (TPSA) is 38.8 Å². The summed E-state index contributed by atoms with van der Waals surface area (Å²) in [5.41, 5.74) is 0.928. The Morgan fingerprint density at radius 2 is 2.06 bits per heavy atom. The van der Waals surface area contributed by atoms with E-state index in [4.69, 9.17) is 9.47 Å². The lowest BCUT2D eigenvalue weighted by molar-refractivity contribution is -0.122. The minimum absolute atomic E-state index is 0.182. The molecule has 0 N–H and O–H groups in total. The van der Waals surface area contributed by atoms with Crippen molar-refractivity contribution < 1.29 is 14.3 Å². The summed E-state index contributed by atoms with van der Waals surface area (Å²) < 4.78 is 10.8. The Balaban J connectivity index is 1.95. The Morgan fingerprint density at radius 1 is 1.35 bits per heavy atom. The number of ether oxygens (including phenoxy) is 2. The van der Waals surface area contributed by atoms with Gasteiger partial charge in [0.15, 0.2) is 6.29 Å². The summed E-state index contributed by atoms with van der Waals surface area (Å²) in [4.78, 5) is 13.0. The van der Waals surface area contributed by atoms with Crippen LogP contribution in [0.25, 0.3) is 0 Å². The number of hydrogen-bond donors (Lipinski definition) is 0. The van der Waals surface area contributed by atoms with E-state index in [1.54, 1.807) is 4.90 Å². The van der Waals surface area contributed by atoms with Crippen molar-refractivity contribution in [2.75, 3.05) is 18.1 Å². The number of carbonyl (C=O) groups excluding carboxylic acids is 1. The summed E-state index contributed by atoms with van der Waals surface area (Å²) in [6.07, 6.45) is 0.399. The molecule has 1 aliphatic heterocycles. The molecule has 1 saturated heterocycles. The van der Waals surface area contributed by atoms with Gasteiger partial charge in [-0.1, -0.05) is 0 Å². The van der Waals surface area contributed by atoms with E-state index in [1.165, 1.54) is 0 Å². The second-order valence-electron chi connectivity index (χ2n) is 3.93. The van der Waals surface area contributed by atoms with E-state index in [0.29, 0.717) is 13.0 Å². The normalized spacial score (nSPS) is 16.6. The molecule has 1 aromatic carbocycles. The smallest absolute Gasteiger partial charge is 0.228 e. The second kappa shape index (κ2) is 5.19. The lowest BCUT2D eigenvalue weighted by Gasteiger charge is -2.30. The monoisotopic (exact) mass is 235 g/mol.